The SMILES string of the molecule is C#CC(O)C1CCC(N(C)c2ccc(C)nn2)CC1. The molecule has 1 unspecified atom stereocenters. The van der Waals surface area contributed by atoms with Crippen molar-refractivity contribution in [2.24, 2.45) is 5.92 Å². The standard InChI is InChI=1S/C15H21N3O/c1-4-14(19)12-6-8-13(9-7-12)18(3)15-10-5-11(2)16-17-15/h1,5,10,12-14,19H,6-9H2,2-3H3. The van der Waals surface area contributed by atoms with Crippen LogP contribution in [0.1, 0.15) is 31.4 Å². The van der Waals surface area contributed by atoms with Crippen molar-refractivity contribution < 1.29 is 5.11 Å². The molecule has 2 rings (SSSR count). The number of aromatic nitrogens is 2. The quantitative estimate of drug-likeness (QED) is 0.841. The van der Waals surface area contributed by atoms with E-state index in [4.69, 9.17) is 6.42 Å². The molecule has 1 aliphatic carbocycles. The summed E-state index contributed by atoms with van der Waals surface area (Å²) in [4.78, 5) is 2.19. The summed E-state index contributed by atoms with van der Waals surface area (Å²) in [7, 11) is 2.06. The van der Waals surface area contributed by atoms with Crippen LogP contribution in [0, 0.1) is 25.2 Å². The molecule has 1 saturated carbocycles. The molecule has 1 aromatic heterocycles. The van der Waals surface area contributed by atoms with Gasteiger partial charge in [-0.2, -0.15) is 5.10 Å². The maximum atomic E-state index is 9.68. The molecule has 1 heterocycles. The minimum Gasteiger partial charge on any atom is -0.380 e. The van der Waals surface area contributed by atoms with Crippen molar-refractivity contribution in [2.75, 3.05) is 11.9 Å². The summed E-state index contributed by atoms with van der Waals surface area (Å²) in [6.07, 6.45) is 8.70. The Morgan fingerprint density at radius 3 is 2.53 bits per heavy atom. The second-order valence-corrected chi connectivity index (χ2v) is 5.32. The number of anilines is 1. The third kappa shape index (κ3) is 3.24. The Hall–Kier alpha value is -1.60. The van der Waals surface area contributed by atoms with Crippen LogP contribution in [0.3, 0.4) is 0 Å². The lowest BCUT2D eigenvalue weighted by molar-refractivity contribution is 0.127. The van der Waals surface area contributed by atoms with E-state index in [1.165, 1.54) is 0 Å². The van der Waals surface area contributed by atoms with E-state index in [1.807, 2.05) is 19.1 Å². The monoisotopic (exact) mass is 259 g/mol. The average Bonchev–Trinajstić information content (AvgIpc) is 2.46. The van der Waals surface area contributed by atoms with E-state index >= 15 is 0 Å². The first-order chi connectivity index (χ1) is 9.11. The van der Waals surface area contributed by atoms with Gasteiger partial charge in [0.2, 0.25) is 0 Å². The van der Waals surface area contributed by atoms with Gasteiger partial charge in [-0.15, -0.1) is 11.5 Å². The first-order valence-electron chi connectivity index (χ1n) is 6.79. The number of hydrogen-bond acceptors (Lipinski definition) is 4. The third-order valence-corrected chi connectivity index (χ3v) is 4.05. The van der Waals surface area contributed by atoms with Crippen LogP contribution in [0.4, 0.5) is 5.82 Å². The molecule has 0 aromatic carbocycles. The van der Waals surface area contributed by atoms with E-state index in [1.54, 1.807) is 0 Å². The molecule has 0 radical (unpaired) electrons. The highest BCUT2D eigenvalue weighted by molar-refractivity contribution is 5.37. The minimum absolute atomic E-state index is 0.249. The Balaban J connectivity index is 1.94. The van der Waals surface area contributed by atoms with Crippen LogP contribution in [0.5, 0.6) is 0 Å². The van der Waals surface area contributed by atoms with Gasteiger partial charge in [-0.25, -0.2) is 0 Å². The number of hydrogen-bond donors (Lipinski definition) is 1. The second-order valence-electron chi connectivity index (χ2n) is 5.32. The summed E-state index contributed by atoms with van der Waals surface area (Å²) in [6, 6.07) is 4.44. The van der Waals surface area contributed by atoms with Crippen molar-refractivity contribution in [1.29, 1.82) is 0 Å². The van der Waals surface area contributed by atoms with E-state index in [9.17, 15) is 5.11 Å². The fourth-order valence-corrected chi connectivity index (χ4v) is 2.71. The number of aryl methyl sites for hydroxylation is 1. The summed E-state index contributed by atoms with van der Waals surface area (Å²) in [5, 5.41) is 18.0. The van der Waals surface area contributed by atoms with Crippen LogP contribution in [-0.2, 0) is 0 Å². The van der Waals surface area contributed by atoms with Crippen molar-refractivity contribution in [2.45, 2.75) is 44.8 Å². The largest absolute Gasteiger partial charge is 0.380 e. The number of terminal acetylenes is 1. The van der Waals surface area contributed by atoms with Crippen LogP contribution < -0.4 is 4.90 Å². The van der Waals surface area contributed by atoms with Gasteiger partial charge in [-0.3, -0.25) is 0 Å². The number of rotatable bonds is 3. The fourth-order valence-electron chi connectivity index (χ4n) is 2.71. The Bertz CT molecular complexity index is 443. The van der Waals surface area contributed by atoms with E-state index in [-0.39, 0.29) is 5.92 Å². The molecule has 0 spiro atoms. The van der Waals surface area contributed by atoms with Crippen molar-refractivity contribution in [3.05, 3.63) is 17.8 Å². The lowest BCUT2D eigenvalue weighted by atomic mass is 9.82. The zero-order valence-corrected chi connectivity index (χ0v) is 11.6. The average molecular weight is 259 g/mol. The van der Waals surface area contributed by atoms with Gasteiger partial charge in [0.15, 0.2) is 5.82 Å². The Labute approximate surface area is 114 Å². The van der Waals surface area contributed by atoms with Crippen LogP contribution in [0.2, 0.25) is 0 Å². The molecule has 4 heteroatoms. The summed E-state index contributed by atoms with van der Waals surface area (Å²) >= 11 is 0. The molecular weight excluding hydrogens is 238 g/mol. The highest BCUT2D eigenvalue weighted by Crippen LogP contribution is 2.30. The van der Waals surface area contributed by atoms with Crippen molar-refractivity contribution >= 4 is 5.82 Å². The van der Waals surface area contributed by atoms with Gasteiger partial charge in [0.05, 0.1) is 5.69 Å². The lowest BCUT2D eigenvalue weighted by Gasteiger charge is -2.35. The number of nitrogens with zero attached hydrogens (tertiary/aromatic N) is 3. The fraction of sp³-hybridized carbons (Fsp3) is 0.600. The van der Waals surface area contributed by atoms with Crippen molar-refractivity contribution in [3.8, 4) is 12.3 Å². The van der Waals surface area contributed by atoms with E-state index in [0.717, 1.165) is 37.2 Å². The Morgan fingerprint density at radius 1 is 1.32 bits per heavy atom. The predicted octanol–water partition coefficient (Wildman–Crippen LogP) is 1.77. The Morgan fingerprint density at radius 2 is 2.00 bits per heavy atom. The molecule has 4 nitrogen and oxygen atoms in total. The smallest absolute Gasteiger partial charge is 0.151 e. The molecule has 19 heavy (non-hydrogen) atoms. The molecule has 1 aliphatic rings. The van der Waals surface area contributed by atoms with Crippen molar-refractivity contribution in [3.63, 3.8) is 0 Å². The van der Waals surface area contributed by atoms with E-state index in [0.29, 0.717) is 6.04 Å². The van der Waals surface area contributed by atoms with Crippen molar-refractivity contribution in [1.82, 2.24) is 10.2 Å². The summed E-state index contributed by atoms with van der Waals surface area (Å²) in [5.41, 5.74) is 0.929. The molecule has 1 atom stereocenters. The maximum absolute atomic E-state index is 9.68. The molecule has 1 aromatic rings. The Kier molecular flexibility index (Phi) is 4.39. The molecule has 102 valence electrons. The van der Waals surface area contributed by atoms with E-state index < -0.39 is 6.10 Å². The predicted molar refractivity (Wildman–Crippen MR) is 75.8 cm³/mol. The molecular formula is C15H21N3O. The van der Waals surface area contributed by atoms with Gasteiger partial charge < -0.3 is 10.0 Å². The molecule has 1 N–H and O–H groups in total. The van der Waals surface area contributed by atoms with Crippen LogP contribution in [-0.4, -0.2) is 34.5 Å². The van der Waals surface area contributed by atoms with Gasteiger partial charge in [0.25, 0.3) is 0 Å². The highest BCUT2D eigenvalue weighted by Gasteiger charge is 2.28. The normalized spacial score (nSPS) is 24.5. The minimum atomic E-state index is -0.592. The number of aliphatic hydroxyl groups is 1. The molecule has 0 amide bonds. The van der Waals surface area contributed by atoms with Gasteiger partial charge in [0, 0.05) is 13.1 Å². The molecule has 0 bridgehead atoms. The van der Waals surface area contributed by atoms with Crippen LogP contribution in [0.15, 0.2) is 12.1 Å². The zero-order valence-electron chi connectivity index (χ0n) is 11.6. The highest BCUT2D eigenvalue weighted by atomic mass is 16.3. The maximum Gasteiger partial charge on any atom is 0.151 e. The molecule has 0 aliphatic heterocycles. The van der Waals surface area contributed by atoms with Gasteiger partial charge in [-0.05, 0) is 50.7 Å². The second kappa shape index (κ2) is 6.03. The first kappa shape index (κ1) is 13.8. The van der Waals surface area contributed by atoms with Gasteiger partial charge in [-0.1, -0.05) is 5.92 Å². The van der Waals surface area contributed by atoms with Crippen LogP contribution in [0.25, 0.3) is 0 Å². The van der Waals surface area contributed by atoms with Crippen LogP contribution >= 0.6 is 0 Å². The topological polar surface area (TPSA) is 49.2 Å². The van der Waals surface area contributed by atoms with E-state index in [2.05, 4.69) is 28.1 Å². The first-order valence-corrected chi connectivity index (χ1v) is 6.79. The summed E-state index contributed by atoms with van der Waals surface area (Å²) < 4.78 is 0. The number of aliphatic hydroxyl groups excluding tert-OH is 1. The molecule has 1 fully saturated rings. The summed E-state index contributed by atoms with van der Waals surface area (Å²) in [6.45, 7) is 1.93. The molecule has 0 saturated heterocycles. The van der Waals surface area contributed by atoms with Gasteiger partial charge in [0.1, 0.15) is 6.10 Å². The zero-order chi connectivity index (χ0) is 13.8. The van der Waals surface area contributed by atoms with Gasteiger partial charge >= 0.3 is 0 Å². The lowest BCUT2D eigenvalue weighted by Crippen LogP contribution is -2.37. The summed E-state index contributed by atoms with van der Waals surface area (Å²) in [5.74, 6) is 3.59. The third-order valence-electron chi connectivity index (χ3n) is 4.05.